The van der Waals surface area contributed by atoms with E-state index in [9.17, 15) is 0 Å². The van der Waals surface area contributed by atoms with E-state index in [1.165, 1.54) is 16.7 Å². The molecule has 33 heavy (non-hydrogen) atoms. The maximum Gasteiger partial charge on any atom is 0.261 e. The standard InChI is InChI=1S/C26H27ClN4OSi/c1-26(2,3)33(21-13-7-4-8-14-21,22-15-9-5-10-16-22)32-18-12-6-11-17-31-20-30-23-24(27)28-19-29-25(23)31/h4-5,7-10,13-16,19-20H,12,17-18H2,1-3H3. The fourth-order valence-corrected chi connectivity index (χ4v) is 8.95. The van der Waals surface area contributed by atoms with Gasteiger partial charge >= 0.3 is 0 Å². The molecule has 2 aromatic heterocycles. The van der Waals surface area contributed by atoms with E-state index < -0.39 is 8.32 Å². The van der Waals surface area contributed by atoms with Crippen molar-refractivity contribution in [1.29, 1.82) is 0 Å². The Morgan fingerprint density at radius 1 is 0.909 bits per heavy atom. The molecule has 0 atom stereocenters. The minimum atomic E-state index is -2.52. The number of benzene rings is 2. The van der Waals surface area contributed by atoms with E-state index in [0.29, 0.717) is 35.9 Å². The van der Waals surface area contributed by atoms with Gasteiger partial charge in [0.2, 0.25) is 0 Å². The van der Waals surface area contributed by atoms with Gasteiger partial charge in [-0.3, -0.25) is 0 Å². The normalized spacial score (nSPS) is 11.9. The zero-order valence-corrected chi connectivity index (χ0v) is 20.9. The van der Waals surface area contributed by atoms with E-state index in [0.717, 1.165) is 0 Å². The monoisotopic (exact) mass is 474 g/mol. The third-order valence-electron chi connectivity index (χ3n) is 5.69. The number of hydrogen-bond acceptors (Lipinski definition) is 4. The first kappa shape index (κ1) is 23.2. The molecule has 5 nitrogen and oxygen atoms in total. The maximum atomic E-state index is 6.87. The highest BCUT2D eigenvalue weighted by Gasteiger charge is 2.49. The largest absolute Gasteiger partial charge is 0.406 e. The summed E-state index contributed by atoms with van der Waals surface area (Å²) in [6.07, 6.45) is 3.78. The van der Waals surface area contributed by atoms with Crippen molar-refractivity contribution >= 4 is 41.5 Å². The topological polar surface area (TPSA) is 52.8 Å². The first-order valence-corrected chi connectivity index (χ1v) is 13.2. The van der Waals surface area contributed by atoms with E-state index in [1.54, 1.807) is 6.33 Å². The molecule has 0 fully saturated rings. The van der Waals surface area contributed by atoms with Crippen LogP contribution in [0.1, 0.15) is 27.2 Å². The van der Waals surface area contributed by atoms with Gasteiger partial charge in [0.05, 0.1) is 12.9 Å². The van der Waals surface area contributed by atoms with Gasteiger partial charge in [0.1, 0.15) is 11.8 Å². The SMILES string of the molecule is CC(C)(C)[Si](OCCC#CCn1cnc2c(Cl)ncnc21)(c1ccccc1)c1ccccc1. The highest BCUT2D eigenvalue weighted by atomic mass is 35.5. The van der Waals surface area contributed by atoms with Crippen LogP contribution in [-0.4, -0.2) is 34.4 Å². The predicted octanol–water partition coefficient (Wildman–Crippen LogP) is 4.45. The molecule has 0 amide bonds. The molecule has 0 unspecified atom stereocenters. The van der Waals surface area contributed by atoms with Gasteiger partial charge in [0, 0.05) is 13.0 Å². The van der Waals surface area contributed by atoms with Gasteiger partial charge in [-0.25, -0.2) is 15.0 Å². The third kappa shape index (κ3) is 4.72. The number of aromatic nitrogens is 4. The van der Waals surface area contributed by atoms with Crippen LogP contribution < -0.4 is 10.4 Å². The summed E-state index contributed by atoms with van der Waals surface area (Å²) in [5, 5.41) is 2.86. The summed E-state index contributed by atoms with van der Waals surface area (Å²) in [6, 6.07) is 21.3. The van der Waals surface area contributed by atoms with Crippen LogP contribution in [0, 0.1) is 11.8 Å². The number of fused-ring (bicyclic) bond motifs is 1. The van der Waals surface area contributed by atoms with Gasteiger partial charge in [-0.05, 0) is 15.4 Å². The average Bonchev–Trinajstić information content (AvgIpc) is 3.23. The molecular formula is C26H27ClN4OSi. The summed E-state index contributed by atoms with van der Waals surface area (Å²) in [5.74, 6) is 6.46. The lowest BCUT2D eigenvalue weighted by Crippen LogP contribution is -2.66. The Morgan fingerprint density at radius 2 is 1.55 bits per heavy atom. The zero-order valence-electron chi connectivity index (χ0n) is 19.1. The molecule has 0 saturated carbocycles. The molecule has 0 aliphatic carbocycles. The molecule has 4 aromatic rings. The first-order valence-electron chi connectivity index (χ1n) is 11.0. The van der Waals surface area contributed by atoms with Gasteiger partial charge in [-0.2, -0.15) is 0 Å². The molecule has 2 aromatic carbocycles. The lowest BCUT2D eigenvalue weighted by Gasteiger charge is -2.43. The first-order chi connectivity index (χ1) is 15.9. The van der Waals surface area contributed by atoms with Crippen molar-refractivity contribution in [3.8, 4) is 11.8 Å². The summed E-state index contributed by atoms with van der Waals surface area (Å²) in [7, 11) is -2.52. The van der Waals surface area contributed by atoms with Crippen molar-refractivity contribution < 1.29 is 4.43 Å². The predicted molar refractivity (Wildman–Crippen MR) is 136 cm³/mol. The van der Waals surface area contributed by atoms with Crippen molar-refractivity contribution in [2.75, 3.05) is 6.61 Å². The van der Waals surface area contributed by atoms with Crippen molar-refractivity contribution in [2.24, 2.45) is 0 Å². The van der Waals surface area contributed by atoms with Crippen LogP contribution in [0.3, 0.4) is 0 Å². The quantitative estimate of drug-likeness (QED) is 0.179. The molecule has 0 bridgehead atoms. The third-order valence-corrected chi connectivity index (χ3v) is 11.0. The fourth-order valence-electron chi connectivity index (χ4n) is 4.21. The van der Waals surface area contributed by atoms with Gasteiger partial charge in [0.25, 0.3) is 8.32 Å². The summed E-state index contributed by atoms with van der Waals surface area (Å²) in [4.78, 5) is 12.5. The number of imidazole rings is 1. The molecule has 7 heteroatoms. The van der Waals surface area contributed by atoms with Crippen LogP contribution >= 0.6 is 11.6 Å². The Bertz CT molecular complexity index is 1230. The summed E-state index contributed by atoms with van der Waals surface area (Å²) in [5.41, 5.74) is 1.28. The molecule has 4 rings (SSSR count). The van der Waals surface area contributed by atoms with Gasteiger partial charge in [0.15, 0.2) is 10.8 Å². The van der Waals surface area contributed by atoms with Gasteiger partial charge in [-0.15, -0.1) is 0 Å². The van der Waals surface area contributed by atoms with Crippen LogP contribution in [-0.2, 0) is 11.0 Å². The van der Waals surface area contributed by atoms with Gasteiger partial charge < -0.3 is 8.99 Å². The summed E-state index contributed by atoms with van der Waals surface area (Å²) < 4.78 is 8.74. The second-order valence-corrected chi connectivity index (χ2v) is 13.5. The van der Waals surface area contributed by atoms with Crippen LogP contribution in [0.5, 0.6) is 0 Å². The zero-order chi connectivity index (χ0) is 23.3. The van der Waals surface area contributed by atoms with Crippen molar-refractivity contribution in [1.82, 2.24) is 19.5 Å². The Labute approximate surface area is 201 Å². The van der Waals surface area contributed by atoms with E-state index in [4.69, 9.17) is 16.0 Å². The molecule has 0 aliphatic heterocycles. The highest BCUT2D eigenvalue weighted by molar-refractivity contribution is 6.99. The van der Waals surface area contributed by atoms with Crippen LogP contribution in [0.15, 0.2) is 73.3 Å². The minimum absolute atomic E-state index is 0.0438. The van der Waals surface area contributed by atoms with E-state index in [-0.39, 0.29) is 5.04 Å². The molecule has 0 saturated heterocycles. The fraction of sp³-hybridized carbons (Fsp3) is 0.269. The number of halogens is 1. The van der Waals surface area contributed by atoms with E-state index in [2.05, 4.69) is 108 Å². The van der Waals surface area contributed by atoms with Crippen LogP contribution in [0.4, 0.5) is 0 Å². The molecule has 0 N–H and O–H groups in total. The molecule has 168 valence electrons. The smallest absolute Gasteiger partial charge is 0.261 e. The molecule has 2 heterocycles. The second kappa shape index (κ2) is 9.88. The molecule has 0 spiro atoms. The van der Waals surface area contributed by atoms with E-state index in [1.807, 2.05) is 4.57 Å². The van der Waals surface area contributed by atoms with Crippen molar-refractivity contribution in [3.63, 3.8) is 0 Å². The number of rotatable bonds is 6. The van der Waals surface area contributed by atoms with Gasteiger partial charge in [-0.1, -0.05) is 105 Å². The molecular weight excluding hydrogens is 448 g/mol. The van der Waals surface area contributed by atoms with Crippen LogP contribution in [0.25, 0.3) is 11.2 Å². The number of nitrogens with zero attached hydrogens (tertiary/aromatic N) is 4. The van der Waals surface area contributed by atoms with Crippen molar-refractivity contribution in [3.05, 3.63) is 78.5 Å². The Hall–Kier alpha value is -2.98. The summed E-state index contributed by atoms with van der Waals surface area (Å²) in [6.45, 7) is 7.90. The number of hydrogen-bond donors (Lipinski definition) is 0. The second-order valence-electron chi connectivity index (χ2n) is 8.82. The average molecular weight is 475 g/mol. The Morgan fingerprint density at radius 3 is 2.15 bits per heavy atom. The maximum absolute atomic E-state index is 6.87. The Balaban J connectivity index is 1.52. The minimum Gasteiger partial charge on any atom is -0.406 e. The summed E-state index contributed by atoms with van der Waals surface area (Å²) >= 11 is 6.08. The lowest BCUT2D eigenvalue weighted by atomic mass is 10.2. The highest BCUT2D eigenvalue weighted by Crippen LogP contribution is 2.36. The van der Waals surface area contributed by atoms with Crippen molar-refractivity contribution in [2.45, 2.75) is 38.8 Å². The van der Waals surface area contributed by atoms with E-state index >= 15 is 0 Å². The van der Waals surface area contributed by atoms with Crippen LogP contribution in [0.2, 0.25) is 10.2 Å². The lowest BCUT2D eigenvalue weighted by molar-refractivity contribution is 0.306. The Kier molecular flexibility index (Phi) is 6.94. The molecule has 0 radical (unpaired) electrons. The molecule has 0 aliphatic rings.